The Kier molecular flexibility index (Phi) is 7.03. The lowest BCUT2D eigenvalue weighted by Crippen LogP contribution is -2.44. The SMILES string of the molecule is COc1cc(OC)c(-c2cccs2)cc1/C=C/C(=O)c1ccc(S(=O)(=O)NC2N=NNN2)cc1. The van der Waals surface area contributed by atoms with Crippen LogP contribution >= 0.6 is 11.3 Å². The molecule has 12 heteroatoms. The van der Waals surface area contributed by atoms with Crippen molar-refractivity contribution in [1.29, 1.82) is 0 Å². The van der Waals surface area contributed by atoms with Crippen LogP contribution in [0, 0.1) is 0 Å². The van der Waals surface area contributed by atoms with Crippen LogP contribution in [0.5, 0.6) is 11.5 Å². The van der Waals surface area contributed by atoms with Gasteiger partial charge in [0.1, 0.15) is 11.5 Å². The summed E-state index contributed by atoms with van der Waals surface area (Å²) in [6.45, 7) is 0. The van der Waals surface area contributed by atoms with E-state index in [0.29, 0.717) is 22.6 Å². The number of carbonyl (C=O) groups is 1. The Bertz CT molecular complexity index is 1340. The van der Waals surface area contributed by atoms with Crippen LogP contribution in [0.4, 0.5) is 0 Å². The Morgan fingerprint density at radius 3 is 2.50 bits per heavy atom. The van der Waals surface area contributed by atoms with Crippen LogP contribution in [-0.2, 0) is 10.0 Å². The smallest absolute Gasteiger partial charge is 0.243 e. The topological polar surface area (TPSA) is 130 Å². The lowest BCUT2D eigenvalue weighted by Gasteiger charge is -2.12. The third kappa shape index (κ3) is 5.15. The van der Waals surface area contributed by atoms with Gasteiger partial charge in [0.2, 0.25) is 16.3 Å². The van der Waals surface area contributed by atoms with E-state index in [2.05, 4.69) is 26.0 Å². The van der Waals surface area contributed by atoms with E-state index in [1.807, 2.05) is 23.6 Å². The summed E-state index contributed by atoms with van der Waals surface area (Å²) in [6, 6.07) is 13.2. The van der Waals surface area contributed by atoms with Crippen molar-refractivity contribution < 1.29 is 22.7 Å². The predicted octanol–water partition coefficient (Wildman–Crippen LogP) is 3.37. The second kappa shape index (κ2) is 10.1. The largest absolute Gasteiger partial charge is 0.496 e. The van der Waals surface area contributed by atoms with Gasteiger partial charge in [-0.3, -0.25) is 4.79 Å². The van der Waals surface area contributed by atoms with Gasteiger partial charge in [-0.15, -0.1) is 16.5 Å². The second-order valence-electron chi connectivity index (χ2n) is 6.99. The van der Waals surface area contributed by atoms with Crippen LogP contribution in [0.2, 0.25) is 0 Å². The molecule has 1 aliphatic heterocycles. The standard InChI is InChI=1S/C22H21N5O5S2/c1-31-19-13-20(32-2)17(21-4-3-11-33-21)12-15(19)7-10-18(28)14-5-8-16(9-6-14)34(29,30)25-22-23-26-27-24-22/h3-13,22,25H,1-2H3,(H,23,27)(H,24,26)/b10-7+. The van der Waals surface area contributed by atoms with Gasteiger partial charge in [0.05, 0.1) is 19.1 Å². The van der Waals surface area contributed by atoms with Gasteiger partial charge < -0.3 is 9.47 Å². The van der Waals surface area contributed by atoms with E-state index in [-0.39, 0.29) is 10.7 Å². The van der Waals surface area contributed by atoms with E-state index in [1.54, 1.807) is 37.7 Å². The molecule has 34 heavy (non-hydrogen) atoms. The first-order valence-electron chi connectivity index (χ1n) is 9.96. The Morgan fingerprint density at radius 2 is 1.88 bits per heavy atom. The molecule has 0 saturated heterocycles. The Hall–Kier alpha value is -3.58. The summed E-state index contributed by atoms with van der Waals surface area (Å²) >= 11 is 1.58. The highest BCUT2D eigenvalue weighted by Crippen LogP contribution is 2.38. The van der Waals surface area contributed by atoms with Crippen molar-refractivity contribution in [2.75, 3.05) is 14.2 Å². The number of rotatable bonds is 9. The summed E-state index contributed by atoms with van der Waals surface area (Å²) < 4.78 is 38.2. The predicted molar refractivity (Wildman–Crippen MR) is 128 cm³/mol. The van der Waals surface area contributed by atoms with Gasteiger partial charge in [-0.2, -0.15) is 10.1 Å². The molecule has 1 aromatic heterocycles. The molecule has 0 fully saturated rings. The fourth-order valence-corrected chi connectivity index (χ4v) is 4.99. The zero-order valence-corrected chi connectivity index (χ0v) is 19.8. The first-order chi connectivity index (χ1) is 16.4. The molecule has 2 aromatic carbocycles. The Labute approximate surface area is 200 Å². The summed E-state index contributed by atoms with van der Waals surface area (Å²) in [5.41, 5.74) is 6.78. The van der Waals surface area contributed by atoms with Crippen molar-refractivity contribution in [2.45, 2.75) is 11.2 Å². The molecular weight excluding hydrogens is 478 g/mol. The lowest BCUT2D eigenvalue weighted by molar-refractivity contribution is 0.104. The molecule has 3 aromatic rings. The monoisotopic (exact) mass is 499 g/mol. The number of carbonyl (C=O) groups excluding carboxylic acids is 1. The quantitative estimate of drug-likeness (QED) is 0.304. The van der Waals surface area contributed by atoms with Crippen molar-refractivity contribution in [3.8, 4) is 21.9 Å². The number of ketones is 1. The first-order valence-corrected chi connectivity index (χ1v) is 12.3. The van der Waals surface area contributed by atoms with Crippen LogP contribution in [0.15, 0.2) is 75.2 Å². The van der Waals surface area contributed by atoms with E-state index in [9.17, 15) is 13.2 Å². The molecule has 0 aliphatic carbocycles. The molecular formula is C22H21N5O5S2. The van der Waals surface area contributed by atoms with Crippen molar-refractivity contribution in [1.82, 2.24) is 15.7 Å². The highest BCUT2D eigenvalue weighted by Gasteiger charge is 2.21. The highest BCUT2D eigenvalue weighted by atomic mass is 32.2. The second-order valence-corrected chi connectivity index (χ2v) is 9.65. The van der Waals surface area contributed by atoms with Crippen molar-refractivity contribution in [2.24, 2.45) is 10.3 Å². The highest BCUT2D eigenvalue weighted by molar-refractivity contribution is 7.89. The molecule has 10 nitrogen and oxygen atoms in total. The zero-order chi connectivity index (χ0) is 24.1. The number of allylic oxidation sites excluding steroid dienone is 1. The van der Waals surface area contributed by atoms with Gasteiger partial charge in [-0.1, -0.05) is 11.3 Å². The van der Waals surface area contributed by atoms with Crippen LogP contribution < -0.4 is 25.2 Å². The summed E-state index contributed by atoms with van der Waals surface area (Å²) in [7, 11) is -0.707. The number of hydrazine groups is 1. The van der Waals surface area contributed by atoms with Crippen LogP contribution in [-0.4, -0.2) is 34.7 Å². The molecule has 0 amide bonds. The van der Waals surface area contributed by atoms with E-state index in [0.717, 1.165) is 10.4 Å². The molecule has 0 spiro atoms. The average Bonchev–Trinajstić information content (AvgIpc) is 3.56. The molecule has 3 N–H and O–H groups in total. The van der Waals surface area contributed by atoms with E-state index in [1.165, 1.54) is 30.3 Å². The summed E-state index contributed by atoms with van der Waals surface area (Å²) in [5.74, 6) is 0.932. The van der Waals surface area contributed by atoms with Gasteiger partial charge in [0.25, 0.3) is 0 Å². The molecule has 0 radical (unpaired) electrons. The number of methoxy groups -OCH3 is 2. The number of ether oxygens (including phenoxy) is 2. The molecule has 2 heterocycles. The molecule has 0 bridgehead atoms. The maximum atomic E-state index is 12.7. The minimum atomic E-state index is -3.85. The molecule has 1 unspecified atom stereocenters. The van der Waals surface area contributed by atoms with Gasteiger partial charge in [-0.25, -0.2) is 14.0 Å². The number of thiophene rings is 1. The third-order valence-electron chi connectivity index (χ3n) is 4.89. The van der Waals surface area contributed by atoms with Gasteiger partial charge >= 0.3 is 0 Å². The van der Waals surface area contributed by atoms with Crippen LogP contribution in [0.3, 0.4) is 0 Å². The maximum absolute atomic E-state index is 12.7. The summed E-state index contributed by atoms with van der Waals surface area (Å²) in [5, 5.41) is 9.04. The number of hydrogen-bond donors (Lipinski definition) is 3. The number of benzene rings is 2. The molecule has 1 aliphatic rings. The summed E-state index contributed by atoms with van der Waals surface area (Å²) in [4.78, 5) is 13.8. The number of nitrogens with zero attached hydrogens (tertiary/aromatic N) is 2. The molecule has 176 valence electrons. The van der Waals surface area contributed by atoms with Gasteiger partial charge in [0.15, 0.2) is 5.78 Å². The molecule has 4 rings (SSSR count). The molecule has 1 atom stereocenters. The average molecular weight is 500 g/mol. The van der Waals surface area contributed by atoms with E-state index < -0.39 is 16.3 Å². The minimum absolute atomic E-state index is 0.00524. The van der Waals surface area contributed by atoms with Crippen molar-refractivity contribution in [3.63, 3.8) is 0 Å². The third-order valence-corrected chi connectivity index (χ3v) is 7.22. The number of sulfonamides is 1. The fraction of sp³-hybridized carbons (Fsp3) is 0.136. The lowest BCUT2D eigenvalue weighted by atomic mass is 10.0. The summed E-state index contributed by atoms with van der Waals surface area (Å²) in [6.07, 6.45) is 2.17. The van der Waals surface area contributed by atoms with Crippen molar-refractivity contribution in [3.05, 3.63) is 71.1 Å². The minimum Gasteiger partial charge on any atom is -0.496 e. The Balaban J connectivity index is 1.54. The fourth-order valence-electron chi connectivity index (χ4n) is 3.21. The van der Waals surface area contributed by atoms with E-state index >= 15 is 0 Å². The van der Waals surface area contributed by atoms with Gasteiger partial charge in [0, 0.05) is 27.6 Å². The first kappa shape index (κ1) is 23.6. The normalized spacial score (nSPS) is 15.4. The maximum Gasteiger partial charge on any atom is 0.243 e. The zero-order valence-electron chi connectivity index (χ0n) is 18.2. The number of nitrogens with one attached hydrogen (secondary N) is 3. The van der Waals surface area contributed by atoms with Crippen molar-refractivity contribution >= 4 is 33.2 Å². The Morgan fingerprint density at radius 1 is 1.12 bits per heavy atom. The number of hydrogen-bond acceptors (Lipinski definition) is 10. The van der Waals surface area contributed by atoms with Crippen LogP contribution in [0.1, 0.15) is 15.9 Å². The van der Waals surface area contributed by atoms with E-state index in [4.69, 9.17) is 9.47 Å². The molecule has 0 saturated carbocycles. The van der Waals surface area contributed by atoms with Crippen LogP contribution in [0.25, 0.3) is 16.5 Å². The van der Waals surface area contributed by atoms with Gasteiger partial charge in [-0.05, 0) is 53.9 Å².